The Morgan fingerprint density at radius 2 is 1.50 bits per heavy atom. The lowest BCUT2D eigenvalue weighted by Gasteiger charge is -2.21. The maximum Gasteiger partial charge on any atom is 0.346 e. The van der Waals surface area contributed by atoms with Crippen LogP contribution in [0.5, 0.6) is 0 Å². The molecule has 1 aromatic rings. The lowest BCUT2D eigenvalue weighted by Crippen LogP contribution is -2.31. The topological polar surface area (TPSA) is 117 Å². The highest BCUT2D eigenvalue weighted by atomic mass is 16.9. The second-order valence-corrected chi connectivity index (χ2v) is 6.39. The molecule has 0 amide bonds. The molecule has 1 N–H and O–H groups in total. The molecular formula is C19H13NO8. The van der Waals surface area contributed by atoms with Crippen LogP contribution in [0.25, 0.3) is 0 Å². The molecule has 0 saturated heterocycles. The highest BCUT2D eigenvalue weighted by molar-refractivity contribution is 6.16. The molecule has 0 bridgehead atoms. The summed E-state index contributed by atoms with van der Waals surface area (Å²) >= 11 is 0. The van der Waals surface area contributed by atoms with E-state index in [1.54, 1.807) is 25.1 Å². The number of rotatable bonds is 5. The van der Waals surface area contributed by atoms with Crippen molar-refractivity contribution in [1.82, 2.24) is 5.64 Å². The Hall–Kier alpha value is -3.40. The summed E-state index contributed by atoms with van der Waals surface area (Å²) in [5.74, 6) is -2.77. The number of fused-ring (bicyclic) bond motifs is 1. The molecule has 0 spiro atoms. The molecule has 0 radical (unpaired) electrons. The Morgan fingerprint density at radius 3 is 2.18 bits per heavy atom. The van der Waals surface area contributed by atoms with E-state index in [2.05, 4.69) is 15.1 Å². The van der Waals surface area contributed by atoms with E-state index in [0.29, 0.717) is 5.56 Å². The minimum Gasteiger partial charge on any atom is -0.386 e. The molecule has 0 unspecified atom stereocenters. The Morgan fingerprint density at radius 1 is 0.893 bits per heavy atom. The van der Waals surface area contributed by atoms with Gasteiger partial charge in [-0.2, -0.15) is 0 Å². The zero-order chi connectivity index (χ0) is 19.9. The lowest BCUT2D eigenvalue weighted by molar-refractivity contribution is -0.211. The smallest absolute Gasteiger partial charge is 0.346 e. The van der Waals surface area contributed by atoms with Crippen LogP contribution < -0.4 is 5.64 Å². The van der Waals surface area contributed by atoms with Gasteiger partial charge in [0.25, 0.3) is 0 Å². The Balaban J connectivity index is 1.35. The Labute approximate surface area is 158 Å². The molecular weight excluding hydrogens is 370 g/mol. The van der Waals surface area contributed by atoms with Gasteiger partial charge in [-0.25, -0.2) is 19.2 Å². The van der Waals surface area contributed by atoms with Crippen LogP contribution in [0.15, 0.2) is 53.6 Å². The molecule has 9 heteroatoms. The summed E-state index contributed by atoms with van der Waals surface area (Å²) in [7, 11) is 0. The van der Waals surface area contributed by atoms with Crippen LogP contribution in [0.3, 0.4) is 0 Å². The van der Waals surface area contributed by atoms with Crippen molar-refractivity contribution in [2.45, 2.75) is 19.1 Å². The van der Waals surface area contributed by atoms with E-state index < -0.39 is 29.5 Å². The zero-order valence-electron chi connectivity index (χ0n) is 14.5. The van der Waals surface area contributed by atoms with Crippen LogP contribution in [-0.2, 0) is 35.3 Å². The molecule has 2 heterocycles. The quantitative estimate of drug-likeness (QED) is 0.346. The summed E-state index contributed by atoms with van der Waals surface area (Å²) in [5, 5.41) is 0. The molecule has 4 rings (SSSR count). The van der Waals surface area contributed by atoms with Crippen LogP contribution in [0.1, 0.15) is 33.2 Å². The largest absolute Gasteiger partial charge is 0.386 e. The van der Waals surface area contributed by atoms with Gasteiger partial charge in [-0.1, -0.05) is 11.7 Å². The summed E-state index contributed by atoms with van der Waals surface area (Å²) in [4.78, 5) is 56.9. The summed E-state index contributed by atoms with van der Waals surface area (Å²) < 4.78 is 9.06. The zero-order valence-corrected chi connectivity index (χ0v) is 14.5. The fraction of sp³-hybridized carbons (Fsp3) is 0.158. The molecule has 28 heavy (non-hydrogen) atoms. The number of esters is 4. The summed E-state index contributed by atoms with van der Waals surface area (Å²) in [5.41, 5.74) is 2.68. The number of hydrogen-bond acceptors (Lipinski definition) is 9. The number of nitrogens with one attached hydrogen (secondary N) is 1. The van der Waals surface area contributed by atoms with E-state index >= 15 is 0 Å². The van der Waals surface area contributed by atoms with Crippen molar-refractivity contribution in [2.75, 3.05) is 0 Å². The first-order chi connectivity index (χ1) is 13.4. The highest BCUT2D eigenvalue weighted by Crippen LogP contribution is 2.27. The SMILES string of the molecule is CC1(ONOCc2ccc3c(c2)C(=O)OC3=O)C=CC2=C(C=C1)C(=O)OC2=O. The van der Waals surface area contributed by atoms with Crippen molar-refractivity contribution in [3.8, 4) is 0 Å². The number of ether oxygens (including phenoxy) is 2. The summed E-state index contributed by atoms with van der Waals surface area (Å²) in [6.45, 7) is 1.73. The van der Waals surface area contributed by atoms with E-state index in [4.69, 9.17) is 9.68 Å². The van der Waals surface area contributed by atoms with Crippen molar-refractivity contribution < 1.29 is 38.3 Å². The van der Waals surface area contributed by atoms with Gasteiger partial charge >= 0.3 is 23.9 Å². The number of hydrogen-bond donors (Lipinski definition) is 1. The fourth-order valence-corrected chi connectivity index (χ4v) is 2.81. The van der Waals surface area contributed by atoms with Gasteiger partial charge in [0.1, 0.15) is 5.60 Å². The van der Waals surface area contributed by atoms with Gasteiger partial charge in [-0.15, -0.1) is 0 Å². The first-order valence-corrected chi connectivity index (χ1v) is 8.20. The van der Waals surface area contributed by atoms with Crippen LogP contribution >= 0.6 is 0 Å². The lowest BCUT2D eigenvalue weighted by atomic mass is 10.1. The molecule has 142 valence electrons. The molecule has 0 aromatic heterocycles. The predicted molar refractivity (Wildman–Crippen MR) is 90.0 cm³/mol. The third-order valence-corrected chi connectivity index (χ3v) is 4.35. The van der Waals surface area contributed by atoms with Gasteiger partial charge in [-0.3, -0.25) is 9.68 Å². The first kappa shape index (κ1) is 18.0. The van der Waals surface area contributed by atoms with Gasteiger partial charge in [0.15, 0.2) is 0 Å². The van der Waals surface area contributed by atoms with Crippen LogP contribution in [0.2, 0.25) is 0 Å². The first-order valence-electron chi connectivity index (χ1n) is 8.20. The summed E-state index contributed by atoms with van der Waals surface area (Å²) in [6.07, 6.45) is 6.04. The molecule has 3 aliphatic rings. The second kappa shape index (κ2) is 6.64. The molecule has 0 fully saturated rings. The standard InChI is InChI=1S/C19H13NO8/c1-19(6-4-12-13(5-7-19)17(23)26-16(12)22)28-20-25-9-10-2-3-11-14(8-10)18(24)27-15(11)21/h2-8,20H,9H2,1H3. The highest BCUT2D eigenvalue weighted by Gasteiger charge is 2.33. The van der Waals surface area contributed by atoms with E-state index in [1.807, 2.05) is 0 Å². The van der Waals surface area contributed by atoms with Crippen molar-refractivity contribution in [3.63, 3.8) is 0 Å². The molecule has 1 aromatic carbocycles. The van der Waals surface area contributed by atoms with Gasteiger partial charge in [0, 0.05) is 0 Å². The monoisotopic (exact) mass is 383 g/mol. The fourth-order valence-electron chi connectivity index (χ4n) is 2.81. The van der Waals surface area contributed by atoms with Gasteiger partial charge in [-0.05, 0) is 48.9 Å². The Bertz CT molecular complexity index is 983. The average molecular weight is 383 g/mol. The van der Waals surface area contributed by atoms with Crippen molar-refractivity contribution in [1.29, 1.82) is 0 Å². The van der Waals surface area contributed by atoms with Crippen LogP contribution in [0.4, 0.5) is 0 Å². The van der Waals surface area contributed by atoms with Gasteiger partial charge in [0.05, 0.1) is 28.9 Å². The molecule has 0 saturated carbocycles. The van der Waals surface area contributed by atoms with E-state index in [0.717, 1.165) is 0 Å². The van der Waals surface area contributed by atoms with Crippen molar-refractivity contribution >= 4 is 23.9 Å². The van der Waals surface area contributed by atoms with E-state index in [1.165, 1.54) is 24.3 Å². The minimum atomic E-state index is -1.00. The van der Waals surface area contributed by atoms with Crippen LogP contribution in [-0.4, -0.2) is 29.5 Å². The molecule has 0 atom stereocenters. The number of benzene rings is 1. The molecule has 1 aliphatic carbocycles. The number of carbonyl (C=O) groups excluding carboxylic acids is 4. The molecule has 2 aliphatic heterocycles. The maximum absolute atomic E-state index is 11.6. The second-order valence-electron chi connectivity index (χ2n) is 6.39. The van der Waals surface area contributed by atoms with Crippen LogP contribution in [0, 0.1) is 0 Å². The van der Waals surface area contributed by atoms with Gasteiger partial charge < -0.3 is 9.47 Å². The predicted octanol–water partition coefficient (Wildman–Crippen LogP) is 1.21. The van der Waals surface area contributed by atoms with Crippen molar-refractivity contribution in [2.24, 2.45) is 0 Å². The van der Waals surface area contributed by atoms with E-state index in [9.17, 15) is 19.2 Å². The summed E-state index contributed by atoms with van der Waals surface area (Å²) in [6, 6.07) is 4.62. The number of cyclic esters (lactones) is 4. The number of carbonyl (C=O) groups is 4. The molecule has 9 nitrogen and oxygen atoms in total. The maximum atomic E-state index is 11.6. The van der Waals surface area contributed by atoms with E-state index in [-0.39, 0.29) is 28.9 Å². The normalized spacial score (nSPS) is 19.5. The minimum absolute atomic E-state index is 0.0395. The average Bonchev–Trinajstić information content (AvgIpc) is 3.01. The third-order valence-electron chi connectivity index (χ3n) is 4.35. The Kier molecular flexibility index (Phi) is 4.27. The third kappa shape index (κ3) is 3.18. The van der Waals surface area contributed by atoms with Gasteiger partial charge in [0.2, 0.25) is 0 Å². The van der Waals surface area contributed by atoms with Crippen molar-refractivity contribution in [3.05, 3.63) is 70.3 Å².